The fourth-order valence-corrected chi connectivity index (χ4v) is 4.22. The van der Waals surface area contributed by atoms with Gasteiger partial charge in [0.2, 0.25) is 5.91 Å². The Morgan fingerprint density at radius 2 is 1.93 bits per heavy atom. The monoisotopic (exact) mass is 417 g/mol. The van der Waals surface area contributed by atoms with Crippen LogP contribution in [0.25, 0.3) is 10.2 Å². The Morgan fingerprint density at radius 1 is 1.07 bits per heavy atom. The van der Waals surface area contributed by atoms with Crippen molar-refractivity contribution in [1.29, 1.82) is 0 Å². The lowest BCUT2D eigenvalue weighted by Gasteiger charge is -2.20. The van der Waals surface area contributed by atoms with Crippen molar-refractivity contribution in [3.8, 4) is 5.75 Å². The Labute approximate surface area is 180 Å². The average molecular weight is 418 g/mol. The number of anilines is 1. The van der Waals surface area contributed by atoms with Gasteiger partial charge in [-0.3, -0.25) is 14.7 Å². The maximum absolute atomic E-state index is 13.4. The van der Waals surface area contributed by atoms with Gasteiger partial charge in [-0.2, -0.15) is 0 Å². The number of nitrogens with zero attached hydrogens (tertiary/aromatic N) is 3. The van der Waals surface area contributed by atoms with Crippen molar-refractivity contribution in [3.05, 3.63) is 83.2 Å². The van der Waals surface area contributed by atoms with E-state index in [1.54, 1.807) is 24.4 Å². The summed E-state index contributed by atoms with van der Waals surface area (Å²) in [5.41, 5.74) is 5.19. The summed E-state index contributed by atoms with van der Waals surface area (Å²) in [5.74, 6) is 0.757. The van der Waals surface area contributed by atoms with Gasteiger partial charge in [0.1, 0.15) is 5.75 Å². The van der Waals surface area contributed by atoms with Crippen LogP contribution in [0.1, 0.15) is 22.3 Å². The van der Waals surface area contributed by atoms with E-state index in [1.165, 1.54) is 22.5 Å². The highest BCUT2D eigenvalue weighted by molar-refractivity contribution is 7.22. The van der Waals surface area contributed by atoms with Crippen LogP contribution >= 0.6 is 11.3 Å². The lowest BCUT2D eigenvalue weighted by atomic mass is 10.0. The zero-order valence-corrected chi connectivity index (χ0v) is 18.1. The summed E-state index contributed by atoms with van der Waals surface area (Å²) in [6, 6.07) is 15.8. The van der Waals surface area contributed by atoms with Crippen LogP contribution in [0.15, 0.2) is 60.9 Å². The van der Waals surface area contributed by atoms with Gasteiger partial charge in [0, 0.05) is 18.5 Å². The van der Waals surface area contributed by atoms with Crippen LogP contribution in [0.5, 0.6) is 5.75 Å². The van der Waals surface area contributed by atoms with Gasteiger partial charge in [0.25, 0.3) is 0 Å². The second-order valence-electron chi connectivity index (χ2n) is 7.27. The molecule has 2 aromatic heterocycles. The van der Waals surface area contributed by atoms with E-state index in [9.17, 15) is 4.79 Å². The van der Waals surface area contributed by atoms with Crippen molar-refractivity contribution in [2.45, 2.75) is 26.8 Å². The first-order valence-electron chi connectivity index (χ1n) is 9.73. The zero-order valence-electron chi connectivity index (χ0n) is 17.3. The van der Waals surface area contributed by atoms with Crippen molar-refractivity contribution in [2.75, 3.05) is 12.0 Å². The number of methoxy groups -OCH3 is 1. The maximum atomic E-state index is 13.4. The molecule has 2 aromatic carbocycles. The average Bonchev–Trinajstić information content (AvgIpc) is 3.18. The van der Waals surface area contributed by atoms with Crippen LogP contribution in [-0.4, -0.2) is 23.0 Å². The van der Waals surface area contributed by atoms with Gasteiger partial charge in [-0.25, -0.2) is 4.98 Å². The van der Waals surface area contributed by atoms with Crippen molar-refractivity contribution in [3.63, 3.8) is 0 Å². The van der Waals surface area contributed by atoms with Gasteiger partial charge in [-0.1, -0.05) is 35.6 Å². The quantitative estimate of drug-likeness (QED) is 0.438. The molecule has 30 heavy (non-hydrogen) atoms. The molecule has 0 saturated heterocycles. The van der Waals surface area contributed by atoms with E-state index in [2.05, 4.69) is 31.0 Å². The number of benzene rings is 2. The highest BCUT2D eigenvalue weighted by Gasteiger charge is 2.21. The smallest absolute Gasteiger partial charge is 0.233 e. The highest BCUT2D eigenvalue weighted by atomic mass is 32.1. The summed E-state index contributed by atoms with van der Waals surface area (Å²) < 4.78 is 6.33. The number of carbonyl (C=O) groups is 1. The number of fused-ring (bicyclic) bond motifs is 1. The molecular weight excluding hydrogens is 394 g/mol. The van der Waals surface area contributed by atoms with Crippen molar-refractivity contribution in [2.24, 2.45) is 0 Å². The Kier molecular flexibility index (Phi) is 5.77. The summed E-state index contributed by atoms with van der Waals surface area (Å²) in [4.78, 5) is 24.0. The molecule has 0 aliphatic carbocycles. The molecule has 5 nitrogen and oxygen atoms in total. The predicted octanol–water partition coefficient (Wildman–Crippen LogP) is 5.09. The molecule has 1 amide bonds. The topological polar surface area (TPSA) is 55.3 Å². The van der Waals surface area contributed by atoms with Crippen LogP contribution < -0.4 is 9.64 Å². The van der Waals surface area contributed by atoms with Crippen molar-refractivity contribution >= 4 is 32.6 Å². The molecule has 0 spiro atoms. The number of aromatic nitrogens is 2. The fraction of sp³-hybridized carbons (Fsp3) is 0.208. The molecule has 0 saturated carbocycles. The molecule has 152 valence electrons. The van der Waals surface area contributed by atoms with E-state index in [0.717, 1.165) is 27.1 Å². The Balaban J connectivity index is 1.68. The lowest BCUT2D eigenvalue weighted by molar-refractivity contribution is -0.118. The normalized spacial score (nSPS) is 10.9. The van der Waals surface area contributed by atoms with Crippen LogP contribution in [0.4, 0.5) is 5.13 Å². The van der Waals surface area contributed by atoms with E-state index < -0.39 is 0 Å². The van der Waals surface area contributed by atoms with Crippen LogP contribution in [0.2, 0.25) is 0 Å². The van der Waals surface area contributed by atoms with Crippen LogP contribution in [0.3, 0.4) is 0 Å². The molecule has 0 bridgehead atoms. The minimum absolute atomic E-state index is 0.00753. The predicted molar refractivity (Wildman–Crippen MR) is 121 cm³/mol. The van der Waals surface area contributed by atoms with Gasteiger partial charge in [-0.15, -0.1) is 0 Å². The number of thiazole rings is 1. The molecule has 0 N–H and O–H groups in total. The second kappa shape index (κ2) is 8.63. The Bertz CT molecular complexity index is 1190. The third-order valence-corrected chi connectivity index (χ3v) is 6.16. The summed E-state index contributed by atoms with van der Waals surface area (Å²) in [5, 5.41) is 0.677. The van der Waals surface area contributed by atoms with Crippen LogP contribution in [-0.2, 0) is 17.8 Å². The number of aryl methyl sites for hydroxylation is 2. The summed E-state index contributed by atoms with van der Waals surface area (Å²) in [6.45, 7) is 4.57. The van der Waals surface area contributed by atoms with Gasteiger partial charge in [0.05, 0.1) is 30.3 Å². The number of hydrogen-bond acceptors (Lipinski definition) is 5. The zero-order chi connectivity index (χ0) is 21.1. The molecule has 0 fully saturated rings. The minimum Gasteiger partial charge on any atom is -0.497 e. The van der Waals surface area contributed by atoms with Crippen molar-refractivity contribution < 1.29 is 9.53 Å². The van der Waals surface area contributed by atoms with Crippen molar-refractivity contribution in [1.82, 2.24) is 9.97 Å². The third kappa shape index (κ3) is 4.33. The van der Waals surface area contributed by atoms with E-state index in [4.69, 9.17) is 9.72 Å². The number of ether oxygens (including phenoxy) is 1. The molecule has 0 atom stereocenters. The molecule has 4 aromatic rings. The Hall–Kier alpha value is -3.25. The second-order valence-corrected chi connectivity index (χ2v) is 8.28. The largest absolute Gasteiger partial charge is 0.497 e. The Morgan fingerprint density at radius 3 is 2.67 bits per heavy atom. The first kappa shape index (κ1) is 20.0. The van der Waals surface area contributed by atoms with Gasteiger partial charge in [-0.05, 0) is 54.3 Å². The molecular formula is C24H23N3O2S. The van der Waals surface area contributed by atoms with Gasteiger partial charge >= 0.3 is 0 Å². The van der Waals surface area contributed by atoms with E-state index in [0.29, 0.717) is 18.1 Å². The van der Waals surface area contributed by atoms with Gasteiger partial charge < -0.3 is 4.74 Å². The standard InChI is InChI=1S/C24H23N3O2S/c1-16-6-7-18(11-17(16)2)12-23(28)27(15-19-5-4-10-25-14-19)24-26-21-13-20(29-3)8-9-22(21)30-24/h4-11,13-14H,12,15H2,1-3H3. The first-order valence-corrected chi connectivity index (χ1v) is 10.5. The fourth-order valence-electron chi connectivity index (χ4n) is 3.26. The number of carbonyl (C=O) groups excluding carboxylic acids is 1. The number of hydrogen-bond donors (Lipinski definition) is 0. The third-order valence-electron chi connectivity index (χ3n) is 5.11. The molecule has 0 radical (unpaired) electrons. The number of amides is 1. The summed E-state index contributed by atoms with van der Waals surface area (Å²) >= 11 is 1.51. The molecule has 0 aliphatic rings. The van der Waals surface area contributed by atoms with E-state index in [-0.39, 0.29) is 5.91 Å². The molecule has 0 unspecified atom stereocenters. The molecule has 4 rings (SSSR count). The maximum Gasteiger partial charge on any atom is 0.233 e. The number of rotatable bonds is 6. The lowest BCUT2D eigenvalue weighted by Crippen LogP contribution is -2.31. The van der Waals surface area contributed by atoms with Gasteiger partial charge in [0.15, 0.2) is 5.13 Å². The van der Waals surface area contributed by atoms with E-state index >= 15 is 0 Å². The molecule has 2 heterocycles. The van der Waals surface area contributed by atoms with E-state index in [1.807, 2.05) is 36.4 Å². The molecule has 6 heteroatoms. The molecule has 0 aliphatic heterocycles. The number of pyridine rings is 1. The minimum atomic E-state index is 0.00753. The summed E-state index contributed by atoms with van der Waals surface area (Å²) in [6.07, 6.45) is 3.84. The first-order chi connectivity index (χ1) is 14.5. The SMILES string of the molecule is COc1ccc2sc(N(Cc3cccnc3)C(=O)Cc3ccc(C)c(C)c3)nc2c1. The van der Waals surface area contributed by atoms with Crippen LogP contribution in [0, 0.1) is 13.8 Å². The summed E-state index contributed by atoms with van der Waals surface area (Å²) in [7, 11) is 1.64. The highest BCUT2D eigenvalue weighted by Crippen LogP contribution is 2.32.